The standard InChI is InChI=1S/C21H14F4N4.C6H6O3S/c1-12-16(9-4-13-3-2-10-26-18(12)13)19-17(22)20(28-11-27-19)29-15-7-5-14(6-8-15)21(23,24)25;7-10(8,9)6-4-2-1-3-5-6/h2-11H,1H3,(H,27,28,29);1-5H,(H,7,8,9). The van der Waals surface area contributed by atoms with Crippen LogP contribution in [0.5, 0.6) is 0 Å². The molecule has 12 heteroatoms. The van der Waals surface area contributed by atoms with Gasteiger partial charge in [0.1, 0.15) is 12.0 Å². The molecule has 0 saturated heterocycles. The van der Waals surface area contributed by atoms with Crippen LogP contribution in [-0.2, 0) is 16.3 Å². The SMILES string of the molecule is Cc1c(-c2ncnc(Nc3ccc(C(F)(F)F)cc3)c2F)ccc2cccnc12.O=S(=O)(O)c1ccccc1. The summed E-state index contributed by atoms with van der Waals surface area (Å²) in [6, 6.07) is 19.0. The summed E-state index contributed by atoms with van der Waals surface area (Å²) in [6.45, 7) is 1.83. The highest BCUT2D eigenvalue weighted by Crippen LogP contribution is 2.33. The molecule has 7 nitrogen and oxygen atoms in total. The number of hydrogen-bond donors (Lipinski definition) is 2. The van der Waals surface area contributed by atoms with Crippen LogP contribution in [0.3, 0.4) is 0 Å². The zero-order chi connectivity index (χ0) is 28.2. The van der Waals surface area contributed by atoms with E-state index in [1.54, 1.807) is 30.5 Å². The van der Waals surface area contributed by atoms with Crippen LogP contribution in [0.1, 0.15) is 11.1 Å². The van der Waals surface area contributed by atoms with Crippen LogP contribution >= 0.6 is 0 Å². The van der Waals surface area contributed by atoms with E-state index in [9.17, 15) is 21.6 Å². The summed E-state index contributed by atoms with van der Waals surface area (Å²) in [6.07, 6.45) is -1.58. The van der Waals surface area contributed by atoms with Crippen molar-refractivity contribution in [3.05, 3.63) is 108 Å². The van der Waals surface area contributed by atoms with Crippen LogP contribution in [0.15, 0.2) is 96.3 Å². The molecule has 0 amide bonds. The van der Waals surface area contributed by atoms with Gasteiger partial charge in [-0.3, -0.25) is 9.54 Å². The fourth-order valence-electron chi connectivity index (χ4n) is 3.66. The summed E-state index contributed by atoms with van der Waals surface area (Å²) in [5.41, 5.74) is 1.64. The average molecular weight is 557 g/mol. The average Bonchev–Trinajstić information content (AvgIpc) is 2.91. The van der Waals surface area contributed by atoms with Gasteiger partial charge in [-0.05, 0) is 55.0 Å². The molecule has 39 heavy (non-hydrogen) atoms. The van der Waals surface area contributed by atoms with Gasteiger partial charge in [0, 0.05) is 22.8 Å². The number of nitrogens with zero attached hydrogens (tertiary/aromatic N) is 3. The van der Waals surface area contributed by atoms with Gasteiger partial charge in [-0.2, -0.15) is 21.6 Å². The van der Waals surface area contributed by atoms with E-state index in [-0.39, 0.29) is 22.1 Å². The molecule has 0 radical (unpaired) electrons. The molecule has 2 aromatic heterocycles. The summed E-state index contributed by atoms with van der Waals surface area (Å²) in [5, 5.41) is 3.63. The second-order valence-corrected chi connectivity index (χ2v) is 9.61. The molecule has 0 aliphatic rings. The number of fused-ring (bicyclic) bond motifs is 1. The molecule has 2 N–H and O–H groups in total. The molecule has 0 atom stereocenters. The topological polar surface area (TPSA) is 105 Å². The second kappa shape index (κ2) is 11.1. The van der Waals surface area contributed by atoms with Crippen molar-refractivity contribution >= 4 is 32.5 Å². The van der Waals surface area contributed by atoms with Gasteiger partial charge in [0.15, 0.2) is 11.6 Å². The Hall–Kier alpha value is -4.42. The number of aryl methyl sites for hydroxylation is 1. The van der Waals surface area contributed by atoms with E-state index in [0.717, 1.165) is 28.6 Å². The van der Waals surface area contributed by atoms with Gasteiger partial charge in [0.25, 0.3) is 10.1 Å². The maximum absolute atomic E-state index is 15.1. The number of halogens is 4. The molecule has 0 saturated carbocycles. The van der Waals surface area contributed by atoms with Crippen molar-refractivity contribution in [2.75, 3.05) is 5.32 Å². The molecule has 5 rings (SSSR count). The minimum absolute atomic E-state index is 0.0741. The summed E-state index contributed by atoms with van der Waals surface area (Å²) in [5.74, 6) is -0.832. The molecular formula is C27H20F4N4O3S. The number of alkyl halides is 3. The second-order valence-electron chi connectivity index (χ2n) is 8.19. The third kappa shape index (κ3) is 6.54. The lowest BCUT2D eigenvalue weighted by Gasteiger charge is -2.12. The van der Waals surface area contributed by atoms with Gasteiger partial charge >= 0.3 is 6.18 Å². The fourth-order valence-corrected chi connectivity index (χ4v) is 4.17. The van der Waals surface area contributed by atoms with Crippen LogP contribution in [0.4, 0.5) is 29.1 Å². The lowest BCUT2D eigenvalue weighted by molar-refractivity contribution is -0.137. The van der Waals surface area contributed by atoms with E-state index in [4.69, 9.17) is 4.55 Å². The molecule has 0 fully saturated rings. The first kappa shape index (κ1) is 27.6. The van der Waals surface area contributed by atoms with Crippen LogP contribution in [-0.4, -0.2) is 27.9 Å². The summed E-state index contributed by atoms with van der Waals surface area (Å²) >= 11 is 0. The lowest BCUT2D eigenvalue weighted by atomic mass is 10.0. The predicted molar refractivity (Wildman–Crippen MR) is 138 cm³/mol. The highest BCUT2D eigenvalue weighted by atomic mass is 32.2. The Morgan fingerprint density at radius 3 is 2.15 bits per heavy atom. The lowest BCUT2D eigenvalue weighted by Crippen LogP contribution is -2.05. The number of anilines is 2. The smallest absolute Gasteiger partial charge is 0.338 e. The normalized spacial score (nSPS) is 11.5. The number of benzene rings is 3. The minimum atomic E-state index is -4.44. The number of nitrogens with one attached hydrogen (secondary N) is 1. The maximum atomic E-state index is 15.1. The Labute approximate surface area is 221 Å². The van der Waals surface area contributed by atoms with Crippen molar-refractivity contribution in [3.8, 4) is 11.3 Å². The van der Waals surface area contributed by atoms with Gasteiger partial charge in [0.05, 0.1) is 16.0 Å². The zero-order valence-electron chi connectivity index (χ0n) is 20.2. The van der Waals surface area contributed by atoms with Crippen LogP contribution in [0.25, 0.3) is 22.2 Å². The van der Waals surface area contributed by atoms with E-state index in [0.29, 0.717) is 5.56 Å². The Balaban J connectivity index is 0.000000298. The van der Waals surface area contributed by atoms with Crippen molar-refractivity contribution in [3.63, 3.8) is 0 Å². The van der Waals surface area contributed by atoms with E-state index in [1.807, 2.05) is 25.1 Å². The maximum Gasteiger partial charge on any atom is 0.416 e. The summed E-state index contributed by atoms with van der Waals surface area (Å²) in [7, 11) is -4.00. The Kier molecular flexibility index (Phi) is 7.88. The molecule has 0 unspecified atom stereocenters. The van der Waals surface area contributed by atoms with E-state index < -0.39 is 27.7 Å². The van der Waals surface area contributed by atoms with Crippen molar-refractivity contribution in [2.24, 2.45) is 0 Å². The van der Waals surface area contributed by atoms with E-state index in [2.05, 4.69) is 20.3 Å². The quantitative estimate of drug-likeness (QED) is 0.185. The third-order valence-electron chi connectivity index (χ3n) is 5.59. The Morgan fingerprint density at radius 2 is 1.54 bits per heavy atom. The molecule has 0 bridgehead atoms. The molecule has 0 aliphatic carbocycles. The van der Waals surface area contributed by atoms with Gasteiger partial charge in [-0.15, -0.1) is 0 Å². The van der Waals surface area contributed by atoms with Gasteiger partial charge in [0.2, 0.25) is 0 Å². The number of pyridine rings is 1. The first-order valence-electron chi connectivity index (χ1n) is 11.3. The molecule has 3 aromatic carbocycles. The van der Waals surface area contributed by atoms with Crippen LogP contribution in [0, 0.1) is 12.7 Å². The van der Waals surface area contributed by atoms with Crippen LogP contribution in [0.2, 0.25) is 0 Å². The van der Waals surface area contributed by atoms with Gasteiger partial charge in [-0.1, -0.05) is 36.4 Å². The number of hydrogen-bond acceptors (Lipinski definition) is 6. The molecular weight excluding hydrogens is 536 g/mol. The van der Waals surface area contributed by atoms with Crippen molar-refractivity contribution in [1.82, 2.24) is 15.0 Å². The fraction of sp³-hybridized carbons (Fsp3) is 0.0741. The summed E-state index contributed by atoms with van der Waals surface area (Å²) in [4.78, 5) is 12.2. The van der Waals surface area contributed by atoms with E-state index >= 15 is 4.39 Å². The molecule has 2 heterocycles. The predicted octanol–water partition coefficient (Wildman–Crippen LogP) is 6.84. The van der Waals surface area contributed by atoms with Gasteiger partial charge < -0.3 is 5.32 Å². The van der Waals surface area contributed by atoms with Crippen molar-refractivity contribution < 1.29 is 30.5 Å². The molecule has 5 aromatic rings. The number of aromatic nitrogens is 3. The van der Waals surface area contributed by atoms with E-state index in [1.165, 1.54) is 30.6 Å². The minimum Gasteiger partial charge on any atom is -0.338 e. The molecule has 0 spiro atoms. The highest BCUT2D eigenvalue weighted by Gasteiger charge is 2.30. The van der Waals surface area contributed by atoms with Crippen LogP contribution < -0.4 is 5.32 Å². The number of rotatable bonds is 4. The van der Waals surface area contributed by atoms with Gasteiger partial charge in [-0.25, -0.2) is 14.4 Å². The first-order chi connectivity index (χ1) is 18.4. The zero-order valence-corrected chi connectivity index (χ0v) is 21.0. The van der Waals surface area contributed by atoms with Crippen molar-refractivity contribution in [2.45, 2.75) is 18.0 Å². The Morgan fingerprint density at radius 1 is 0.846 bits per heavy atom. The highest BCUT2D eigenvalue weighted by molar-refractivity contribution is 7.85. The third-order valence-corrected chi connectivity index (χ3v) is 6.46. The molecule has 200 valence electrons. The van der Waals surface area contributed by atoms with Crippen molar-refractivity contribution in [1.29, 1.82) is 0 Å². The largest absolute Gasteiger partial charge is 0.416 e. The Bertz CT molecular complexity index is 1710. The molecule has 0 aliphatic heterocycles. The monoisotopic (exact) mass is 556 g/mol. The first-order valence-corrected chi connectivity index (χ1v) is 12.7. The summed E-state index contributed by atoms with van der Waals surface area (Å²) < 4.78 is 82.4.